The minimum absolute atomic E-state index is 0. The van der Waals surface area contributed by atoms with Crippen molar-refractivity contribution in [3.8, 4) is 0 Å². The molecule has 0 atom stereocenters. The fourth-order valence-corrected chi connectivity index (χ4v) is 3.47. The third-order valence-electron chi connectivity index (χ3n) is 5.31. The van der Waals surface area contributed by atoms with Crippen LogP contribution in [0, 0.1) is 6.92 Å². The summed E-state index contributed by atoms with van der Waals surface area (Å²) in [4.78, 5) is 25.6. The average Bonchev–Trinajstić information content (AvgIpc) is 3.40. The molecule has 2 N–H and O–H groups in total. The van der Waals surface area contributed by atoms with E-state index in [1.165, 1.54) is 0 Å². The molecule has 0 spiro atoms. The molecule has 1 aromatic rings. The van der Waals surface area contributed by atoms with Crippen LogP contribution in [0.5, 0.6) is 0 Å². The smallest absolute Gasteiger partial charge is 0.234 e. The normalized spacial score (nSPS) is 17.7. The molecule has 1 aromatic heterocycles. The van der Waals surface area contributed by atoms with Crippen LogP contribution in [0.25, 0.3) is 0 Å². The number of amides is 1. The van der Waals surface area contributed by atoms with E-state index in [0.717, 1.165) is 83.3 Å². The molecule has 0 radical (unpaired) electrons. The SMILES string of the molecule is CCNC(=NCCCCn1ccnc1C)N1CCN(CC(=O)NC2CC2)CC1.I. The quantitative estimate of drug-likeness (QED) is 0.225. The third-order valence-corrected chi connectivity index (χ3v) is 5.31. The Labute approximate surface area is 191 Å². The highest BCUT2D eigenvalue weighted by Gasteiger charge is 2.25. The van der Waals surface area contributed by atoms with E-state index in [1.807, 2.05) is 19.3 Å². The van der Waals surface area contributed by atoms with Gasteiger partial charge in [0.05, 0.1) is 6.54 Å². The maximum Gasteiger partial charge on any atom is 0.234 e. The maximum atomic E-state index is 12.0. The zero-order valence-corrected chi connectivity index (χ0v) is 20.1. The van der Waals surface area contributed by atoms with Gasteiger partial charge in [-0.3, -0.25) is 14.7 Å². The minimum atomic E-state index is 0. The zero-order valence-electron chi connectivity index (χ0n) is 17.8. The average molecular weight is 517 g/mol. The number of carbonyl (C=O) groups excluding carboxylic acids is 1. The summed E-state index contributed by atoms with van der Waals surface area (Å²) in [5, 5.41) is 6.49. The molecule has 0 bridgehead atoms. The lowest BCUT2D eigenvalue weighted by atomic mass is 10.3. The number of unbranched alkanes of at least 4 members (excludes halogenated alkanes) is 1. The predicted octanol–water partition coefficient (Wildman–Crippen LogP) is 1.45. The van der Waals surface area contributed by atoms with E-state index in [1.54, 1.807) is 0 Å². The first-order valence-corrected chi connectivity index (χ1v) is 10.7. The molecule has 3 rings (SSSR count). The Bertz CT molecular complexity index is 651. The van der Waals surface area contributed by atoms with Crippen molar-refractivity contribution in [1.29, 1.82) is 0 Å². The number of aliphatic imine (C=N–C) groups is 1. The summed E-state index contributed by atoms with van der Waals surface area (Å²) in [5.74, 6) is 2.24. The van der Waals surface area contributed by atoms with Crippen LogP contribution in [-0.2, 0) is 11.3 Å². The molecule has 0 unspecified atom stereocenters. The van der Waals surface area contributed by atoms with Crippen LogP contribution in [-0.4, -0.2) is 83.1 Å². The van der Waals surface area contributed by atoms with Crippen molar-refractivity contribution >= 4 is 35.8 Å². The van der Waals surface area contributed by atoms with Gasteiger partial charge in [0.25, 0.3) is 0 Å². The van der Waals surface area contributed by atoms with Crippen LogP contribution < -0.4 is 10.6 Å². The van der Waals surface area contributed by atoms with E-state index < -0.39 is 0 Å². The lowest BCUT2D eigenvalue weighted by Gasteiger charge is -2.36. The lowest BCUT2D eigenvalue weighted by molar-refractivity contribution is -0.122. The molecule has 1 saturated carbocycles. The van der Waals surface area contributed by atoms with Gasteiger partial charge in [-0.25, -0.2) is 4.98 Å². The van der Waals surface area contributed by atoms with Gasteiger partial charge in [-0.1, -0.05) is 0 Å². The molecule has 2 heterocycles. The third kappa shape index (κ3) is 8.12. The zero-order chi connectivity index (χ0) is 19.8. The molecule has 1 aliphatic heterocycles. The highest BCUT2D eigenvalue weighted by atomic mass is 127. The summed E-state index contributed by atoms with van der Waals surface area (Å²) in [6.07, 6.45) is 8.34. The number of aryl methyl sites for hydroxylation is 2. The highest BCUT2D eigenvalue weighted by molar-refractivity contribution is 14.0. The summed E-state index contributed by atoms with van der Waals surface area (Å²) < 4.78 is 2.19. The van der Waals surface area contributed by atoms with Crippen molar-refractivity contribution in [3.63, 3.8) is 0 Å². The number of halogens is 1. The van der Waals surface area contributed by atoms with E-state index in [4.69, 9.17) is 4.99 Å². The van der Waals surface area contributed by atoms with Crippen LogP contribution in [0.2, 0.25) is 0 Å². The van der Waals surface area contributed by atoms with Crippen LogP contribution in [0.3, 0.4) is 0 Å². The first kappa shape index (κ1) is 23.9. The molecule has 164 valence electrons. The van der Waals surface area contributed by atoms with Crippen LogP contribution in [0.1, 0.15) is 38.4 Å². The number of piperazine rings is 1. The Morgan fingerprint density at radius 2 is 2.00 bits per heavy atom. The molecule has 0 aromatic carbocycles. The van der Waals surface area contributed by atoms with Crippen LogP contribution >= 0.6 is 24.0 Å². The van der Waals surface area contributed by atoms with Gasteiger partial charge < -0.3 is 20.1 Å². The van der Waals surface area contributed by atoms with Gasteiger partial charge in [-0.15, -0.1) is 24.0 Å². The molecule has 1 aliphatic carbocycles. The van der Waals surface area contributed by atoms with Crippen molar-refractivity contribution in [2.75, 3.05) is 45.8 Å². The van der Waals surface area contributed by atoms with Crippen molar-refractivity contribution in [2.45, 2.75) is 52.1 Å². The first-order valence-electron chi connectivity index (χ1n) is 10.7. The second kappa shape index (κ2) is 12.4. The number of hydrogen-bond acceptors (Lipinski definition) is 4. The number of rotatable bonds is 9. The van der Waals surface area contributed by atoms with Gasteiger partial charge in [0.1, 0.15) is 5.82 Å². The standard InChI is InChI=1S/C20H35N7O.HI/c1-3-21-20(23-8-4-5-10-26-11-9-22-17(26)2)27-14-12-25(13-15-27)16-19(28)24-18-6-7-18;/h9,11,18H,3-8,10,12-16H2,1-2H3,(H,21,23)(H,24,28);1H. The Kier molecular flexibility index (Phi) is 10.2. The molecular weight excluding hydrogens is 481 g/mol. The number of hydrogen-bond donors (Lipinski definition) is 2. The van der Waals surface area contributed by atoms with Crippen LogP contribution in [0.4, 0.5) is 0 Å². The Balaban J connectivity index is 0.00000300. The second-order valence-electron chi connectivity index (χ2n) is 7.72. The Morgan fingerprint density at radius 3 is 2.62 bits per heavy atom. The number of guanidine groups is 1. The molecule has 8 nitrogen and oxygen atoms in total. The Hall–Kier alpha value is -1.36. The maximum absolute atomic E-state index is 12.0. The number of nitrogens with zero attached hydrogens (tertiary/aromatic N) is 5. The van der Waals surface area contributed by atoms with Crippen LogP contribution in [0.15, 0.2) is 17.4 Å². The summed E-state index contributed by atoms with van der Waals surface area (Å²) >= 11 is 0. The van der Waals surface area contributed by atoms with E-state index in [9.17, 15) is 4.79 Å². The molecule has 29 heavy (non-hydrogen) atoms. The minimum Gasteiger partial charge on any atom is -0.357 e. The van der Waals surface area contributed by atoms with E-state index >= 15 is 0 Å². The van der Waals surface area contributed by atoms with Gasteiger partial charge in [0.15, 0.2) is 5.96 Å². The molecule has 9 heteroatoms. The van der Waals surface area contributed by atoms with Crippen molar-refractivity contribution in [2.24, 2.45) is 4.99 Å². The van der Waals surface area contributed by atoms with E-state index in [2.05, 4.69) is 36.9 Å². The summed E-state index contributed by atoms with van der Waals surface area (Å²) in [7, 11) is 0. The predicted molar refractivity (Wildman–Crippen MR) is 127 cm³/mol. The molecule has 1 amide bonds. The molecule has 2 aliphatic rings. The molecule has 2 fully saturated rings. The van der Waals surface area contributed by atoms with Gasteiger partial charge in [0.2, 0.25) is 5.91 Å². The van der Waals surface area contributed by atoms with Crippen molar-refractivity contribution in [1.82, 2.24) is 30.0 Å². The van der Waals surface area contributed by atoms with Gasteiger partial charge in [-0.2, -0.15) is 0 Å². The number of imidazole rings is 1. The van der Waals surface area contributed by atoms with E-state index in [-0.39, 0.29) is 29.9 Å². The van der Waals surface area contributed by atoms with Gasteiger partial charge in [0, 0.05) is 64.2 Å². The second-order valence-corrected chi connectivity index (χ2v) is 7.72. The number of nitrogens with one attached hydrogen (secondary N) is 2. The summed E-state index contributed by atoms with van der Waals surface area (Å²) in [6, 6.07) is 0.443. The van der Waals surface area contributed by atoms with Gasteiger partial charge in [-0.05, 0) is 39.5 Å². The van der Waals surface area contributed by atoms with Gasteiger partial charge >= 0.3 is 0 Å². The van der Waals surface area contributed by atoms with Crippen molar-refractivity contribution in [3.05, 3.63) is 18.2 Å². The first-order chi connectivity index (χ1) is 13.7. The topological polar surface area (TPSA) is 77.8 Å². The Morgan fingerprint density at radius 1 is 1.24 bits per heavy atom. The number of carbonyl (C=O) groups is 1. The monoisotopic (exact) mass is 517 g/mol. The van der Waals surface area contributed by atoms with Crippen molar-refractivity contribution < 1.29 is 4.79 Å². The summed E-state index contributed by atoms with van der Waals surface area (Å²) in [5.41, 5.74) is 0. The van der Waals surface area contributed by atoms with E-state index in [0.29, 0.717) is 12.6 Å². The largest absolute Gasteiger partial charge is 0.357 e. The lowest BCUT2D eigenvalue weighted by Crippen LogP contribution is -2.54. The molecular formula is C20H36IN7O. The summed E-state index contributed by atoms with van der Waals surface area (Å²) in [6.45, 7) is 11.0. The molecule has 1 saturated heterocycles. The highest BCUT2D eigenvalue weighted by Crippen LogP contribution is 2.18. The fourth-order valence-electron chi connectivity index (χ4n) is 3.47. The fraction of sp³-hybridized carbons (Fsp3) is 0.750. The number of aromatic nitrogens is 2.